The predicted molar refractivity (Wildman–Crippen MR) is 90.7 cm³/mol. The molecule has 2 N–H and O–H groups in total. The van der Waals surface area contributed by atoms with Crippen molar-refractivity contribution in [3.63, 3.8) is 0 Å². The van der Waals surface area contributed by atoms with Crippen molar-refractivity contribution in [1.82, 2.24) is 5.32 Å². The Hall–Kier alpha value is -1.79. The van der Waals surface area contributed by atoms with Crippen molar-refractivity contribution in [3.05, 3.63) is 46.2 Å². The smallest absolute Gasteiger partial charge is 0.261 e. The van der Waals surface area contributed by atoms with Crippen molar-refractivity contribution < 1.29 is 9.59 Å². The lowest BCUT2D eigenvalue weighted by atomic mass is 10.1. The molecule has 6 heteroatoms. The van der Waals surface area contributed by atoms with E-state index in [1.807, 2.05) is 42.6 Å². The molecular formula is C16H16N2O2S2. The van der Waals surface area contributed by atoms with Gasteiger partial charge < -0.3 is 10.6 Å². The number of benzene rings is 1. The summed E-state index contributed by atoms with van der Waals surface area (Å²) in [6.07, 6.45) is 0.737. The van der Waals surface area contributed by atoms with Crippen LogP contribution in [0.3, 0.4) is 0 Å². The minimum Gasteiger partial charge on any atom is -0.351 e. The van der Waals surface area contributed by atoms with E-state index in [-0.39, 0.29) is 17.1 Å². The van der Waals surface area contributed by atoms with Gasteiger partial charge in [-0.3, -0.25) is 9.59 Å². The average molecular weight is 332 g/mol. The van der Waals surface area contributed by atoms with E-state index < -0.39 is 0 Å². The first-order valence-corrected chi connectivity index (χ1v) is 8.81. The zero-order valence-corrected chi connectivity index (χ0v) is 13.7. The maximum atomic E-state index is 11.8. The zero-order chi connectivity index (χ0) is 15.5. The highest BCUT2D eigenvalue weighted by molar-refractivity contribution is 8.00. The van der Waals surface area contributed by atoms with Gasteiger partial charge in [-0.25, -0.2) is 0 Å². The van der Waals surface area contributed by atoms with Gasteiger partial charge in [0.15, 0.2) is 0 Å². The molecule has 3 rings (SSSR count). The summed E-state index contributed by atoms with van der Waals surface area (Å²) in [7, 11) is 0. The Balaban J connectivity index is 1.59. The Morgan fingerprint density at radius 3 is 3.00 bits per heavy atom. The molecule has 1 aromatic carbocycles. The van der Waals surface area contributed by atoms with Crippen LogP contribution in [0.5, 0.6) is 0 Å². The third kappa shape index (κ3) is 3.34. The molecule has 1 aliphatic rings. The molecule has 2 heterocycles. The fourth-order valence-electron chi connectivity index (χ4n) is 2.23. The first-order valence-electron chi connectivity index (χ1n) is 7.05. The van der Waals surface area contributed by atoms with Crippen LogP contribution in [0.1, 0.15) is 22.2 Å². The Morgan fingerprint density at radius 2 is 2.23 bits per heavy atom. The molecule has 0 spiro atoms. The fourth-order valence-corrected chi connectivity index (χ4v) is 3.80. The fraction of sp³-hybridized carbons (Fsp3) is 0.250. The number of fused-ring (bicyclic) bond motifs is 1. The average Bonchev–Trinajstić information content (AvgIpc) is 3.03. The number of carbonyl (C=O) groups excluding carboxylic acids is 2. The second-order valence-corrected chi connectivity index (χ2v) is 7.39. The summed E-state index contributed by atoms with van der Waals surface area (Å²) in [6, 6.07) is 9.75. The van der Waals surface area contributed by atoms with Crippen LogP contribution in [0, 0.1) is 0 Å². The lowest BCUT2D eigenvalue weighted by molar-refractivity contribution is -0.115. The van der Waals surface area contributed by atoms with E-state index in [1.165, 1.54) is 11.3 Å². The van der Waals surface area contributed by atoms with Gasteiger partial charge in [-0.1, -0.05) is 12.1 Å². The molecule has 114 valence electrons. The molecule has 0 bridgehead atoms. The van der Waals surface area contributed by atoms with E-state index in [1.54, 1.807) is 11.8 Å². The van der Waals surface area contributed by atoms with Gasteiger partial charge in [-0.2, -0.15) is 0 Å². The SMILES string of the molecule is CC1Sc2ccc(CCNC(=O)c3cccs3)cc2NC1=O. The molecule has 22 heavy (non-hydrogen) atoms. The van der Waals surface area contributed by atoms with Gasteiger partial charge in [0.05, 0.1) is 15.8 Å². The van der Waals surface area contributed by atoms with Crippen LogP contribution >= 0.6 is 23.1 Å². The van der Waals surface area contributed by atoms with Crippen LogP contribution < -0.4 is 10.6 Å². The predicted octanol–water partition coefficient (Wildman–Crippen LogP) is 3.15. The standard InChI is InChI=1S/C16H16N2O2S2/c1-10-15(19)18-12-9-11(4-5-13(12)22-10)6-7-17-16(20)14-3-2-8-21-14/h2-5,8-10H,6-7H2,1H3,(H,17,20)(H,18,19). The normalized spacial score (nSPS) is 16.8. The van der Waals surface area contributed by atoms with Gasteiger partial charge in [-0.15, -0.1) is 23.1 Å². The highest BCUT2D eigenvalue weighted by Gasteiger charge is 2.22. The Labute approximate surface area is 137 Å². The molecule has 0 saturated carbocycles. The van der Waals surface area contributed by atoms with Crippen LogP contribution in [0.2, 0.25) is 0 Å². The summed E-state index contributed by atoms with van der Waals surface area (Å²) in [6.45, 7) is 2.48. The molecule has 1 atom stereocenters. The Morgan fingerprint density at radius 1 is 1.36 bits per heavy atom. The third-order valence-corrected chi connectivity index (χ3v) is 5.47. The van der Waals surface area contributed by atoms with E-state index in [4.69, 9.17) is 0 Å². The topological polar surface area (TPSA) is 58.2 Å². The first kappa shape index (κ1) is 15.1. The summed E-state index contributed by atoms with van der Waals surface area (Å²) in [5.41, 5.74) is 1.97. The minimum absolute atomic E-state index is 0.0364. The van der Waals surface area contributed by atoms with Crippen molar-refractivity contribution in [1.29, 1.82) is 0 Å². The quantitative estimate of drug-likeness (QED) is 0.904. The lowest BCUT2D eigenvalue weighted by Gasteiger charge is -2.21. The first-order chi connectivity index (χ1) is 10.6. The summed E-state index contributed by atoms with van der Waals surface area (Å²) in [5, 5.41) is 7.67. The molecule has 2 aromatic rings. The number of rotatable bonds is 4. The Bertz CT molecular complexity index is 698. The monoisotopic (exact) mass is 332 g/mol. The van der Waals surface area contributed by atoms with Crippen LogP contribution in [-0.4, -0.2) is 23.6 Å². The van der Waals surface area contributed by atoms with E-state index in [0.29, 0.717) is 6.54 Å². The summed E-state index contributed by atoms with van der Waals surface area (Å²) >= 11 is 3.01. The van der Waals surface area contributed by atoms with Gasteiger partial charge in [0.25, 0.3) is 5.91 Å². The lowest BCUT2D eigenvalue weighted by Crippen LogP contribution is -2.27. The van der Waals surface area contributed by atoms with Crippen molar-refractivity contribution in [2.75, 3.05) is 11.9 Å². The number of carbonyl (C=O) groups is 2. The number of thiophene rings is 1. The molecule has 0 radical (unpaired) electrons. The Kier molecular flexibility index (Phi) is 4.49. The second kappa shape index (κ2) is 6.54. The summed E-state index contributed by atoms with van der Waals surface area (Å²) in [5.74, 6) is 0.00583. The molecule has 4 nitrogen and oxygen atoms in total. The van der Waals surface area contributed by atoms with Crippen molar-refractivity contribution in [2.45, 2.75) is 23.5 Å². The highest BCUT2D eigenvalue weighted by atomic mass is 32.2. The molecule has 1 aromatic heterocycles. The van der Waals surface area contributed by atoms with Crippen LogP contribution in [-0.2, 0) is 11.2 Å². The molecule has 0 aliphatic carbocycles. The maximum absolute atomic E-state index is 11.8. The summed E-state index contributed by atoms with van der Waals surface area (Å²) < 4.78 is 0. The minimum atomic E-state index is -0.0524. The molecule has 0 saturated heterocycles. The molecule has 0 fully saturated rings. The van der Waals surface area contributed by atoms with E-state index in [0.717, 1.165) is 27.4 Å². The van der Waals surface area contributed by atoms with E-state index in [9.17, 15) is 9.59 Å². The second-order valence-electron chi connectivity index (χ2n) is 5.06. The summed E-state index contributed by atoms with van der Waals surface area (Å²) in [4.78, 5) is 25.4. The van der Waals surface area contributed by atoms with Gasteiger partial charge in [-0.05, 0) is 42.5 Å². The van der Waals surface area contributed by atoms with Crippen molar-refractivity contribution in [3.8, 4) is 0 Å². The van der Waals surface area contributed by atoms with Gasteiger partial charge in [0.1, 0.15) is 0 Å². The number of anilines is 1. The molecule has 1 unspecified atom stereocenters. The number of nitrogens with one attached hydrogen (secondary N) is 2. The molecular weight excluding hydrogens is 316 g/mol. The van der Waals surface area contributed by atoms with Gasteiger partial charge in [0, 0.05) is 11.4 Å². The van der Waals surface area contributed by atoms with Gasteiger partial charge >= 0.3 is 0 Å². The van der Waals surface area contributed by atoms with Crippen molar-refractivity contribution in [2.24, 2.45) is 0 Å². The number of hydrogen-bond acceptors (Lipinski definition) is 4. The number of hydrogen-bond donors (Lipinski definition) is 2. The van der Waals surface area contributed by atoms with E-state index in [2.05, 4.69) is 10.6 Å². The largest absolute Gasteiger partial charge is 0.351 e. The van der Waals surface area contributed by atoms with Crippen LogP contribution in [0.15, 0.2) is 40.6 Å². The third-order valence-electron chi connectivity index (χ3n) is 3.42. The van der Waals surface area contributed by atoms with Gasteiger partial charge in [0.2, 0.25) is 5.91 Å². The number of amides is 2. The van der Waals surface area contributed by atoms with Crippen LogP contribution in [0.4, 0.5) is 5.69 Å². The maximum Gasteiger partial charge on any atom is 0.261 e. The highest BCUT2D eigenvalue weighted by Crippen LogP contribution is 2.35. The van der Waals surface area contributed by atoms with Crippen molar-refractivity contribution >= 4 is 40.6 Å². The van der Waals surface area contributed by atoms with E-state index >= 15 is 0 Å². The van der Waals surface area contributed by atoms with Crippen LogP contribution in [0.25, 0.3) is 0 Å². The number of thioether (sulfide) groups is 1. The zero-order valence-electron chi connectivity index (χ0n) is 12.1. The molecule has 1 aliphatic heterocycles. The molecule has 2 amide bonds.